The van der Waals surface area contributed by atoms with Gasteiger partial charge in [0.15, 0.2) is 9.03 Å². The van der Waals surface area contributed by atoms with Crippen molar-refractivity contribution in [3.63, 3.8) is 0 Å². The SMILES string of the molecule is O=[P+](O)OC(O)(OPO)c1ccc(-c2ccccc2)cc1. The molecule has 0 aliphatic rings. The monoisotopic (exact) mass is 327 g/mol. The molecule has 2 aromatic rings. The van der Waals surface area contributed by atoms with Crippen molar-refractivity contribution in [2.75, 3.05) is 0 Å². The summed E-state index contributed by atoms with van der Waals surface area (Å²) in [7, 11) is -4.22. The lowest BCUT2D eigenvalue weighted by Gasteiger charge is -2.20. The van der Waals surface area contributed by atoms with Crippen molar-refractivity contribution in [2.24, 2.45) is 0 Å². The molecule has 21 heavy (non-hydrogen) atoms. The molecule has 3 unspecified atom stereocenters. The first kappa shape index (κ1) is 16.1. The lowest BCUT2D eigenvalue weighted by molar-refractivity contribution is -0.282. The van der Waals surface area contributed by atoms with Gasteiger partial charge in [-0.3, -0.25) is 4.52 Å². The van der Waals surface area contributed by atoms with Crippen LogP contribution in [-0.4, -0.2) is 14.9 Å². The first-order chi connectivity index (χ1) is 10.0. The van der Waals surface area contributed by atoms with Crippen LogP contribution < -0.4 is 0 Å². The summed E-state index contributed by atoms with van der Waals surface area (Å²) >= 11 is 0. The minimum Gasteiger partial charge on any atom is -0.352 e. The number of rotatable bonds is 6. The van der Waals surface area contributed by atoms with Crippen LogP contribution in [0.5, 0.6) is 0 Å². The third kappa shape index (κ3) is 4.13. The van der Waals surface area contributed by atoms with E-state index >= 15 is 0 Å². The highest BCUT2D eigenvalue weighted by Crippen LogP contribution is 2.38. The van der Waals surface area contributed by atoms with Gasteiger partial charge in [0, 0.05) is 10.1 Å². The average molecular weight is 327 g/mol. The molecule has 8 heteroatoms. The maximum absolute atomic E-state index is 10.8. The van der Waals surface area contributed by atoms with Gasteiger partial charge in [-0.25, -0.2) is 0 Å². The summed E-state index contributed by atoms with van der Waals surface area (Å²) in [5.41, 5.74) is 1.97. The van der Waals surface area contributed by atoms with Crippen molar-refractivity contribution in [2.45, 2.75) is 5.97 Å². The molecule has 0 saturated carbocycles. The molecule has 2 rings (SSSR count). The summed E-state index contributed by atoms with van der Waals surface area (Å²) in [5.74, 6) is -2.47. The van der Waals surface area contributed by atoms with Gasteiger partial charge >= 0.3 is 14.2 Å². The smallest absolute Gasteiger partial charge is 0.352 e. The molecule has 3 atom stereocenters. The Morgan fingerprint density at radius 1 is 1.00 bits per heavy atom. The second kappa shape index (κ2) is 7.16. The van der Waals surface area contributed by atoms with E-state index in [0.717, 1.165) is 11.1 Å². The fourth-order valence-corrected chi connectivity index (χ4v) is 2.51. The van der Waals surface area contributed by atoms with Gasteiger partial charge in [-0.05, 0) is 15.7 Å². The highest BCUT2D eigenvalue weighted by Gasteiger charge is 2.42. The van der Waals surface area contributed by atoms with Gasteiger partial charge in [-0.2, -0.15) is 0 Å². The zero-order valence-electron chi connectivity index (χ0n) is 10.7. The van der Waals surface area contributed by atoms with E-state index in [4.69, 9.17) is 9.79 Å². The summed E-state index contributed by atoms with van der Waals surface area (Å²) < 4.78 is 19.9. The molecule has 0 heterocycles. The van der Waals surface area contributed by atoms with Gasteiger partial charge in [0.2, 0.25) is 0 Å². The molecular weight excluding hydrogens is 314 g/mol. The second-order valence-electron chi connectivity index (χ2n) is 4.05. The maximum Gasteiger partial charge on any atom is 0.700 e. The highest BCUT2D eigenvalue weighted by atomic mass is 31.1. The van der Waals surface area contributed by atoms with Crippen LogP contribution in [0.2, 0.25) is 0 Å². The van der Waals surface area contributed by atoms with E-state index < -0.39 is 23.3 Å². The van der Waals surface area contributed by atoms with Crippen LogP contribution in [0, 0.1) is 0 Å². The topological polar surface area (TPSA) is 96.2 Å². The van der Waals surface area contributed by atoms with E-state index in [-0.39, 0.29) is 5.56 Å². The van der Waals surface area contributed by atoms with Gasteiger partial charge in [-0.15, -0.1) is 4.89 Å². The van der Waals surface area contributed by atoms with E-state index in [1.54, 1.807) is 12.1 Å². The Morgan fingerprint density at radius 3 is 2.10 bits per heavy atom. The summed E-state index contributed by atoms with van der Waals surface area (Å²) in [4.78, 5) is 17.6. The Labute approximate surface area is 123 Å². The van der Waals surface area contributed by atoms with E-state index in [9.17, 15) is 9.67 Å². The molecule has 2 aromatic carbocycles. The maximum atomic E-state index is 10.8. The van der Waals surface area contributed by atoms with Crippen molar-refractivity contribution >= 4 is 17.3 Å². The van der Waals surface area contributed by atoms with Crippen molar-refractivity contribution in [3.05, 3.63) is 60.2 Å². The fourth-order valence-electron chi connectivity index (χ4n) is 1.80. The summed E-state index contributed by atoms with van der Waals surface area (Å²) in [6.07, 6.45) is 0. The predicted octanol–water partition coefficient (Wildman–Crippen LogP) is 2.64. The number of hydrogen-bond acceptors (Lipinski definition) is 5. The van der Waals surface area contributed by atoms with Crippen LogP contribution in [0.15, 0.2) is 54.6 Å². The first-order valence-electron chi connectivity index (χ1n) is 5.86. The minimum atomic E-state index is -3.11. The normalized spacial score (nSPS) is 15.1. The van der Waals surface area contributed by atoms with Crippen LogP contribution in [0.4, 0.5) is 0 Å². The Hall–Kier alpha value is -1.23. The van der Waals surface area contributed by atoms with E-state index in [0.29, 0.717) is 0 Å². The van der Waals surface area contributed by atoms with Crippen LogP contribution in [-0.2, 0) is 19.6 Å². The Morgan fingerprint density at radius 2 is 1.57 bits per heavy atom. The molecule has 0 saturated heterocycles. The fraction of sp³-hybridized carbons (Fsp3) is 0.0769. The van der Waals surface area contributed by atoms with Gasteiger partial charge < -0.3 is 10.00 Å². The molecular formula is C13H13O6P2+. The highest BCUT2D eigenvalue weighted by molar-refractivity contribution is 7.32. The largest absolute Gasteiger partial charge is 0.700 e. The standard InChI is InChI=1S/C13H12O6P2/c14-13(18-20-15,19-21(16)17)12-8-6-11(7-9-12)10-4-2-1-3-5-10/h1-9,14-15,20H/p+1. The Balaban J connectivity index is 2.29. The van der Waals surface area contributed by atoms with Crippen LogP contribution in [0.25, 0.3) is 11.1 Å². The Bertz CT molecular complexity index is 604. The van der Waals surface area contributed by atoms with Gasteiger partial charge in [0.05, 0.1) is 0 Å². The van der Waals surface area contributed by atoms with Gasteiger partial charge in [0.25, 0.3) is 0 Å². The van der Waals surface area contributed by atoms with E-state index in [2.05, 4.69) is 9.05 Å². The van der Waals surface area contributed by atoms with Crippen molar-refractivity contribution in [1.82, 2.24) is 0 Å². The van der Waals surface area contributed by atoms with Gasteiger partial charge in [-0.1, -0.05) is 54.6 Å². The van der Waals surface area contributed by atoms with Crippen LogP contribution in [0.3, 0.4) is 0 Å². The van der Waals surface area contributed by atoms with Crippen LogP contribution >= 0.6 is 17.3 Å². The summed E-state index contributed by atoms with van der Waals surface area (Å²) in [5, 5.41) is 10.1. The predicted molar refractivity (Wildman–Crippen MR) is 78.3 cm³/mol. The average Bonchev–Trinajstić information content (AvgIpc) is 2.48. The number of benzene rings is 2. The lowest BCUT2D eigenvalue weighted by Crippen LogP contribution is -2.27. The van der Waals surface area contributed by atoms with Crippen LogP contribution in [0.1, 0.15) is 5.56 Å². The van der Waals surface area contributed by atoms with E-state index in [1.165, 1.54) is 12.1 Å². The molecule has 0 aliphatic carbocycles. The molecule has 0 aromatic heterocycles. The van der Waals surface area contributed by atoms with E-state index in [1.807, 2.05) is 30.3 Å². The van der Waals surface area contributed by atoms with Crippen molar-refractivity contribution < 1.29 is 28.5 Å². The molecule has 0 aliphatic heterocycles. The summed E-state index contributed by atoms with van der Waals surface area (Å²) in [6.45, 7) is 0. The zero-order chi connectivity index (χ0) is 15.3. The van der Waals surface area contributed by atoms with Gasteiger partial charge in [0.1, 0.15) is 0 Å². The lowest BCUT2D eigenvalue weighted by atomic mass is 10.0. The second-order valence-corrected chi connectivity index (χ2v) is 5.09. The Kier molecular flexibility index (Phi) is 5.51. The molecule has 0 amide bonds. The molecule has 0 fully saturated rings. The molecule has 110 valence electrons. The summed E-state index contributed by atoms with van der Waals surface area (Å²) in [6, 6.07) is 15.9. The minimum absolute atomic E-state index is 0.0983. The third-order valence-corrected chi connectivity index (χ3v) is 3.51. The van der Waals surface area contributed by atoms with Crippen molar-refractivity contribution in [3.8, 4) is 11.1 Å². The first-order valence-corrected chi connectivity index (χ1v) is 7.84. The molecule has 0 radical (unpaired) electrons. The zero-order valence-corrected chi connectivity index (χ0v) is 12.6. The molecule has 0 spiro atoms. The quantitative estimate of drug-likeness (QED) is 0.557. The number of hydrogen-bond donors (Lipinski definition) is 3. The molecule has 0 bridgehead atoms. The molecule has 6 nitrogen and oxygen atoms in total. The molecule has 3 N–H and O–H groups in total. The third-order valence-electron chi connectivity index (χ3n) is 2.74. The number of aliphatic hydroxyl groups is 1. The van der Waals surface area contributed by atoms with Crippen molar-refractivity contribution in [1.29, 1.82) is 0 Å².